The normalized spacial score (nSPS) is 12.1. The number of hydrogen-bond acceptors (Lipinski definition) is 5. The van der Waals surface area contributed by atoms with Gasteiger partial charge in [-0.15, -0.1) is 0 Å². The molecule has 25 heavy (non-hydrogen) atoms. The van der Waals surface area contributed by atoms with Crippen LogP contribution in [-0.4, -0.2) is 32.5 Å². The molecule has 3 rings (SSSR count). The Morgan fingerprint density at radius 1 is 1.32 bits per heavy atom. The van der Waals surface area contributed by atoms with Crippen molar-refractivity contribution >= 4 is 5.91 Å². The maximum atomic E-state index is 12.2. The minimum atomic E-state index is -0.776. The summed E-state index contributed by atoms with van der Waals surface area (Å²) < 4.78 is 6.88. The van der Waals surface area contributed by atoms with E-state index >= 15 is 0 Å². The third-order valence-electron chi connectivity index (χ3n) is 3.75. The Labute approximate surface area is 145 Å². The standard InChI is InChI=1S/C18H20N4O3/c1-12-4-3-5-14(6-12)17(23)9-19-18(24)16-7-15(25-21-16)11-22-10-13(2)8-20-22/h3-8,10,17,23H,9,11H2,1-2H3,(H,19,24). The smallest absolute Gasteiger partial charge is 0.273 e. The van der Waals surface area contributed by atoms with Gasteiger partial charge in [-0.1, -0.05) is 35.0 Å². The zero-order chi connectivity index (χ0) is 17.8. The van der Waals surface area contributed by atoms with Gasteiger partial charge in [0.2, 0.25) is 0 Å². The highest BCUT2D eigenvalue weighted by molar-refractivity contribution is 5.92. The molecule has 1 unspecified atom stereocenters. The summed E-state index contributed by atoms with van der Waals surface area (Å²) in [7, 11) is 0. The number of hydrogen-bond donors (Lipinski definition) is 2. The Bertz CT molecular complexity index is 869. The Balaban J connectivity index is 1.56. The van der Waals surface area contributed by atoms with Gasteiger partial charge in [-0.25, -0.2) is 0 Å². The highest BCUT2D eigenvalue weighted by Gasteiger charge is 2.15. The summed E-state index contributed by atoms with van der Waals surface area (Å²) in [5.41, 5.74) is 3.03. The third kappa shape index (κ3) is 4.33. The molecule has 0 fully saturated rings. The van der Waals surface area contributed by atoms with Crippen LogP contribution in [0.15, 0.2) is 47.2 Å². The Morgan fingerprint density at radius 2 is 2.16 bits per heavy atom. The number of nitrogens with one attached hydrogen (secondary N) is 1. The molecule has 0 saturated heterocycles. The maximum Gasteiger partial charge on any atom is 0.273 e. The van der Waals surface area contributed by atoms with E-state index in [-0.39, 0.29) is 12.2 Å². The van der Waals surface area contributed by atoms with Crippen molar-refractivity contribution in [1.82, 2.24) is 20.3 Å². The number of carbonyl (C=O) groups excluding carboxylic acids is 1. The third-order valence-corrected chi connectivity index (χ3v) is 3.75. The van der Waals surface area contributed by atoms with Gasteiger partial charge in [0.15, 0.2) is 11.5 Å². The molecule has 3 aromatic rings. The molecule has 0 radical (unpaired) electrons. The molecule has 0 saturated carbocycles. The minimum Gasteiger partial charge on any atom is -0.387 e. The number of aliphatic hydroxyl groups is 1. The summed E-state index contributed by atoms with van der Waals surface area (Å²) in [6, 6.07) is 9.11. The molecule has 7 heteroatoms. The fourth-order valence-electron chi connectivity index (χ4n) is 2.48. The van der Waals surface area contributed by atoms with E-state index in [9.17, 15) is 9.90 Å². The number of nitrogens with zero attached hydrogens (tertiary/aromatic N) is 3. The number of aromatic nitrogens is 3. The lowest BCUT2D eigenvalue weighted by Crippen LogP contribution is -2.28. The first kappa shape index (κ1) is 16.9. The monoisotopic (exact) mass is 340 g/mol. The van der Waals surface area contributed by atoms with Crippen LogP contribution in [0.2, 0.25) is 0 Å². The Kier molecular flexibility index (Phi) is 4.95. The molecular weight excluding hydrogens is 320 g/mol. The van der Waals surface area contributed by atoms with Crippen molar-refractivity contribution in [2.75, 3.05) is 6.54 Å². The molecule has 1 amide bonds. The fourth-order valence-corrected chi connectivity index (χ4v) is 2.48. The highest BCUT2D eigenvalue weighted by atomic mass is 16.5. The van der Waals surface area contributed by atoms with Gasteiger partial charge in [0.25, 0.3) is 5.91 Å². The topological polar surface area (TPSA) is 93.2 Å². The lowest BCUT2D eigenvalue weighted by molar-refractivity contribution is 0.0907. The Morgan fingerprint density at radius 3 is 2.88 bits per heavy atom. The lowest BCUT2D eigenvalue weighted by atomic mass is 10.1. The van der Waals surface area contributed by atoms with Crippen molar-refractivity contribution in [3.63, 3.8) is 0 Å². The first-order valence-electron chi connectivity index (χ1n) is 7.99. The van der Waals surface area contributed by atoms with Crippen LogP contribution >= 0.6 is 0 Å². The zero-order valence-electron chi connectivity index (χ0n) is 14.1. The molecule has 1 atom stereocenters. The summed E-state index contributed by atoms with van der Waals surface area (Å²) in [4.78, 5) is 12.2. The van der Waals surface area contributed by atoms with Gasteiger partial charge in [0, 0.05) is 18.8 Å². The van der Waals surface area contributed by atoms with Gasteiger partial charge in [0.05, 0.1) is 12.3 Å². The summed E-state index contributed by atoms with van der Waals surface area (Å²) in [6.45, 7) is 4.40. The summed E-state index contributed by atoms with van der Waals surface area (Å²) in [5, 5.41) is 20.8. The second-order valence-corrected chi connectivity index (χ2v) is 6.03. The fraction of sp³-hybridized carbons (Fsp3) is 0.278. The van der Waals surface area contributed by atoms with Crippen molar-refractivity contribution in [2.24, 2.45) is 0 Å². The molecule has 2 aromatic heterocycles. The van der Waals surface area contributed by atoms with E-state index in [0.717, 1.165) is 16.7 Å². The van der Waals surface area contributed by atoms with Crippen LogP contribution in [0.5, 0.6) is 0 Å². The van der Waals surface area contributed by atoms with Crippen molar-refractivity contribution in [1.29, 1.82) is 0 Å². The van der Waals surface area contributed by atoms with E-state index in [2.05, 4.69) is 15.6 Å². The quantitative estimate of drug-likeness (QED) is 0.716. The van der Waals surface area contributed by atoms with Crippen LogP contribution in [0, 0.1) is 13.8 Å². The first-order valence-corrected chi connectivity index (χ1v) is 7.99. The number of rotatable bonds is 6. The summed E-state index contributed by atoms with van der Waals surface area (Å²) in [5.74, 6) is 0.144. The number of amides is 1. The molecule has 0 aliphatic carbocycles. The molecule has 0 aliphatic heterocycles. The molecule has 130 valence electrons. The van der Waals surface area contributed by atoms with E-state index in [1.807, 2.05) is 44.3 Å². The highest BCUT2D eigenvalue weighted by Crippen LogP contribution is 2.14. The molecule has 7 nitrogen and oxygen atoms in total. The van der Waals surface area contributed by atoms with Crippen molar-refractivity contribution < 1.29 is 14.4 Å². The molecule has 2 heterocycles. The van der Waals surface area contributed by atoms with E-state index in [0.29, 0.717) is 12.3 Å². The molecule has 0 bridgehead atoms. The minimum absolute atomic E-state index is 0.100. The van der Waals surface area contributed by atoms with Crippen LogP contribution < -0.4 is 5.32 Å². The first-order chi connectivity index (χ1) is 12.0. The van der Waals surface area contributed by atoms with Crippen LogP contribution in [0.1, 0.15) is 39.0 Å². The lowest BCUT2D eigenvalue weighted by Gasteiger charge is -2.12. The van der Waals surface area contributed by atoms with Crippen molar-refractivity contribution in [2.45, 2.75) is 26.5 Å². The summed E-state index contributed by atoms with van der Waals surface area (Å²) in [6.07, 6.45) is 2.85. The molecular formula is C18H20N4O3. The van der Waals surface area contributed by atoms with Gasteiger partial charge in [-0.05, 0) is 25.0 Å². The van der Waals surface area contributed by atoms with Crippen molar-refractivity contribution in [3.05, 3.63) is 70.9 Å². The van der Waals surface area contributed by atoms with Crippen LogP contribution in [0.4, 0.5) is 0 Å². The van der Waals surface area contributed by atoms with Gasteiger partial charge in [-0.2, -0.15) is 5.10 Å². The van der Waals surface area contributed by atoms with Gasteiger partial charge < -0.3 is 14.9 Å². The number of aliphatic hydroxyl groups excluding tert-OH is 1. The summed E-state index contributed by atoms with van der Waals surface area (Å²) >= 11 is 0. The van der Waals surface area contributed by atoms with Crippen LogP contribution in [-0.2, 0) is 6.54 Å². The van der Waals surface area contributed by atoms with E-state index < -0.39 is 12.0 Å². The predicted octanol–water partition coefficient (Wildman–Crippen LogP) is 2.00. The number of benzene rings is 1. The second kappa shape index (κ2) is 7.31. The van der Waals surface area contributed by atoms with Crippen LogP contribution in [0.3, 0.4) is 0 Å². The van der Waals surface area contributed by atoms with Gasteiger partial charge in [0.1, 0.15) is 6.54 Å². The molecule has 2 N–H and O–H groups in total. The van der Waals surface area contributed by atoms with Crippen LogP contribution in [0.25, 0.3) is 0 Å². The molecule has 0 aliphatic rings. The average Bonchev–Trinajstić information content (AvgIpc) is 3.22. The Hall–Kier alpha value is -2.93. The largest absolute Gasteiger partial charge is 0.387 e. The van der Waals surface area contributed by atoms with Gasteiger partial charge >= 0.3 is 0 Å². The van der Waals surface area contributed by atoms with E-state index in [4.69, 9.17) is 4.52 Å². The second-order valence-electron chi connectivity index (χ2n) is 6.03. The predicted molar refractivity (Wildman–Crippen MR) is 91.0 cm³/mol. The van der Waals surface area contributed by atoms with Crippen molar-refractivity contribution in [3.8, 4) is 0 Å². The molecule has 1 aromatic carbocycles. The SMILES string of the molecule is Cc1cccc(C(O)CNC(=O)c2cc(Cn3cc(C)cn3)on2)c1. The molecule has 0 spiro atoms. The van der Waals surface area contributed by atoms with E-state index in [1.54, 1.807) is 16.9 Å². The van der Waals surface area contributed by atoms with Gasteiger partial charge in [-0.3, -0.25) is 9.48 Å². The number of aryl methyl sites for hydroxylation is 2. The zero-order valence-corrected chi connectivity index (χ0v) is 14.1. The number of carbonyl (C=O) groups is 1. The average molecular weight is 340 g/mol. The van der Waals surface area contributed by atoms with E-state index in [1.165, 1.54) is 0 Å². The maximum absolute atomic E-state index is 12.2.